The molecule has 1 fully saturated rings. The van der Waals surface area contributed by atoms with Crippen LogP contribution in [0.25, 0.3) is 0 Å². The molecule has 0 saturated heterocycles. The van der Waals surface area contributed by atoms with Gasteiger partial charge >= 0.3 is 11.0 Å². The Labute approximate surface area is 89.5 Å². The normalized spacial score (nSPS) is 25.3. The zero-order valence-electron chi connectivity index (χ0n) is 7.90. The molecule has 0 radical (unpaired) electrons. The highest BCUT2D eigenvalue weighted by Gasteiger charge is 2.31. The summed E-state index contributed by atoms with van der Waals surface area (Å²) in [5.74, 6) is 0.626. The van der Waals surface area contributed by atoms with Gasteiger partial charge in [-0.3, -0.25) is 9.78 Å². The number of hydrogen-bond donors (Lipinski definition) is 3. The van der Waals surface area contributed by atoms with Crippen LogP contribution >= 0.6 is 11.5 Å². The number of H-pyrrole nitrogens is 1. The number of nitrogens with one attached hydrogen (secondary N) is 2. The Balaban J connectivity index is 2.14. The first-order chi connectivity index (χ1) is 7.16. The van der Waals surface area contributed by atoms with Crippen LogP contribution in [0.3, 0.4) is 0 Å². The van der Waals surface area contributed by atoms with Gasteiger partial charge < -0.3 is 10.4 Å². The first kappa shape index (κ1) is 10.2. The van der Waals surface area contributed by atoms with Crippen LogP contribution in [0.2, 0.25) is 0 Å². The maximum Gasteiger partial charge on any atom is 0.404 e. The quantitative estimate of drug-likeness (QED) is 0.696. The van der Waals surface area contributed by atoms with Crippen LogP contribution in [0.1, 0.15) is 31.0 Å². The number of carbonyl (C=O) groups is 1. The van der Waals surface area contributed by atoms with Crippen molar-refractivity contribution in [3.8, 4) is 0 Å². The summed E-state index contributed by atoms with van der Waals surface area (Å²) in [4.78, 5) is 23.9. The van der Waals surface area contributed by atoms with Crippen molar-refractivity contribution < 1.29 is 9.90 Å². The molecule has 7 heteroatoms. The third-order valence-electron chi connectivity index (χ3n) is 2.63. The van der Waals surface area contributed by atoms with E-state index in [9.17, 15) is 9.59 Å². The van der Waals surface area contributed by atoms with E-state index >= 15 is 0 Å². The van der Waals surface area contributed by atoms with Gasteiger partial charge in [0.15, 0.2) is 0 Å². The van der Waals surface area contributed by atoms with Crippen LogP contribution in [-0.2, 0) is 0 Å². The first-order valence-corrected chi connectivity index (χ1v) is 5.49. The summed E-state index contributed by atoms with van der Waals surface area (Å²) in [6.45, 7) is 0. The standard InChI is InChI=1S/C8H11N3O3S/c12-7(13)9-5-3-1-2-4(5)6-10-8(14)15-11-6/h4-5,9H,1-3H2,(H,12,13)(H,10,11,14)/t4-,5+/m1/s1. The number of aromatic nitrogens is 2. The Morgan fingerprint density at radius 2 is 2.40 bits per heavy atom. The Hall–Kier alpha value is -1.37. The van der Waals surface area contributed by atoms with Crippen LogP contribution in [0.5, 0.6) is 0 Å². The second-order valence-electron chi connectivity index (χ2n) is 3.57. The minimum atomic E-state index is -1.02. The second kappa shape index (κ2) is 4.01. The molecular weight excluding hydrogens is 218 g/mol. The number of carboxylic acid groups (broad SMARTS) is 1. The molecule has 6 nitrogen and oxygen atoms in total. The van der Waals surface area contributed by atoms with Gasteiger partial charge in [-0.2, -0.15) is 4.37 Å². The van der Waals surface area contributed by atoms with Gasteiger partial charge in [0.2, 0.25) is 0 Å². The average Bonchev–Trinajstić information content (AvgIpc) is 2.72. The van der Waals surface area contributed by atoms with Crippen LogP contribution < -0.4 is 10.2 Å². The van der Waals surface area contributed by atoms with E-state index in [4.69, 9.17) is 5.11 Å². The number of hydrogen-bond acceptors (Lipinski definition) is 4. The Morgan fingerprint density at radius 3 is 3.00 bits per heavy atom. The predicted molar refractivity (Wildman–Crippen MR) is 54.3 cm³/mol. The monoisotopic (exact) mass is 229 g/mol. The number of amides is 1. The molecule has 1 aliphatic carbocycles. The molecule has 0 spiro atoms. The van der Waals surface area contributed by atoms with Gasteiger partial charge in [-0.05, 0) is 12.8 Å². The lowest BCUT2D eigenvalue weighted by Crippen LogP contribution is -2.35. The van der Waals surface area contributed by atoms with Crippen LogP contribution in [0.15, 0.2) is 4.79 Å². The van der Waals surface area contributed by atoms with E-state index in [1.807, 2.05) is 0 Å². The lowest BCUT2D eigenvalue weighted by molar-refractivity contribution is 0.188. The highest BCUT2D eigenvalue weighted by atomic mass is 32.1. The molecule has 1 aliphatic rings. The van der Waals surface area contributed by atoms with Crippen molar-refractivity contribution in [1.82, 2.24) is 14.7 Å². The van der Waals surface area contributed by atoms with Crippen molar-refractivity contribution >= 4 is 17.6 Å². The maximum atomic E-state index is 10.9. The molecule has 1 heterocycles. The molecule has 1 aromatic heterocycles. The molecule has 0 aromatic carbocycles. The minimum absolute atomic E-state index is 0.0139. The van der Waals surface area contributed by atoms with Crippen LogP contribution in [0, 0.1) is 0 Å². The van der Waals surface area contributed by atoms with Gasteiger partial charge in [-0.25, -0.2) is 4.79 Å². The number of rotatable bonds is 2. The van der Waals surface area contributed by atoms with E-state index in [0.717, 1.165) is 30.8 Å². The summed E-state index contributed by atoms with van der Waals surface area (Å²) in [6, 6.07) is -0.125. The van der Waals surface area contributed by atoms with Crippen molar-refractivity contribution in [1.29, 1.82) is 0 Å². The molecule has 0 aliphatic heterocycles. The van der Waals surface area contributed by atoms with E-state index in [1.165, 1.54) is 0 Å². The fourth-order valence-corrected chi connectivity index (χ4v) is 2.53. The van der Waals surface area contributed by atoms with E-state index in [1.54, 1.807) is 0 Å². The summed E-state index contributed by atoms with van der Waals surface area (Å²) in [5.41, 5.74) is 0. The fraction of sp³-hybridized carbons (Fsp3) is 0.625. The van der Waals surface area contributed by atoms with Crippen molar-refractivity contribution in [2.45, 2.75) is 31.2 Å². The van der Waals surface area contributed by atoms with E-state index in [2.05, 4.69) is 14.7 Å². The van der Waals surface area contributed by atoms with Crippen molar-refractivity contribution in [2.75, 3.05) is 0 Å². The SMILES string of the molecule is O=C(O)N[C@H]1CCC[C@H]1c1nsc(=O)[nH]1. The summed E-state index contributed by atoms with van der Waals surface area (Å²) in [7, 11) is 0. The molecule has 82 valence electrons. The predicted octanol–water partition coefficient (Wildman–Crippen LogP) is 0.735. The Morgan fingerprint density at radius 1 is 1.60 bits per heavy atom. The third-order valence-corrected chi connectivity index (χ3v) is 3.19. The highest BCUT2D eigenvalue weighted by Crippen LogP contribution is 2.32. The van der Waals surface area contributed by atoms with Crippen molar-refractivity contribution in [2.24, 2.45) is 0 Å². The summed E-state index contributed by atoms with van der Waals surface area (Å²) in [6.07, 6.45) is 1.60. The summed E-state index contributed by atoms with van der Waals surface area (Å²) in [5, 5.41) is 11.1. The molecule has 15 heavy (non-hydrogen) atoms. The van der Waals surface area contributed by atoms with Crippen LogP contribution in [0.4, 0.5) is 4.79 Å². The minimum Gasteiger partial charge on any atom is -0.465 e. The third kappa shape index (κ3) is 2.17. The molecule has 0 bridgehead atoms. The van der Waals surface area contributed by atoms with Gasteiger partial charge in [0.1, 0.15) is 5.82 Å². The van der Waals surface area contributed by atoms with E-state index in [-0.39, 0.29) is 16.8 Å². The molecule has 1 aromatic rings. The van der Waals surface area contributed by atoms with Gasteiger partial charge in [0.25, 0.3) is 0 Å². The lowest BCUT2D eigenvalue weighted by atomic mass is 10.0. The zero-order chi connectivity index (χ0) is 10.8. The topological polar surface area (TPSA) is 95.1 Å². The van der Waals surface area contributed by atoms with Gasteiger partial charge in [-0.15, -0.1) is 0 Å². The smallest absolute Gasteiger partial charge is 0.404 e. The van der Waals surface area contributed by atoms with Gasteiger partial charge in [0, 0.05) is 23.5 Å². The largest absolute Gasteiger partial charge is 0.465 e. The zero-order valence-corrected chi connectivity index (χ0v) is 8.71. The summed E-state index contributed by atoms with van der Waals surface area (Å²) >= 11 is 0.876. The van der Waals surface area contributed by atoms with Crippen LogP contribution in [-0.4, -0.2) is 26.6 Å². The highest BCUT2D eigenvalue weighted by molar-refractivity contribution is 7.02. The molecule has 1 saturated carbocycles. The Kier molecular flexibility index (Phi) is 2.72. The maximum absolute atomic E-state index is 10.9. The molecule has 1 amide bonds. The average molecular weight is 229 g/mol. The van der Waals surface area contributed by atoms with E-state index < -0.39 is 6.09 Å². The molecule has 2 atom stereocenters. The van der Waals surface area contributed by atoms with Crippen molar-refractivity contribution in [3.63, 3.8) is 0 Å². The number of aromatic amines is 1. The van der Waals surface area contributed by atoms with Gasteiger partial charge in [-0.1, -0.05) is 6.42 Å². The Bertz CT molecular complexity index is 413. The first-order valence-electron chi connectivity index (χ1n) is 4.72. The summed E-state index contributed by atoms with van der Waals surface area (Å²) < 4.78 is 4.00. The molecular formula is C8H11N3O3S. The van der Waals surface area contributed by atoms with E-state index in [0.29, 0.717) is 5.82 Å². The number of nitrogens with zero attached hydrogens (tertiary/aromatic N) is 1. The van der Waals surface area contributed by atoms with Crippen molar-refractivity contribution in [3.05, 3.63) is 15.5 Å². The van der Waals surface area contributed by atoms with Gasteiger partial charge in [0.05, 0.1) is 0 Å². The second-order valence-corrected chi connectivity index (χ2v) is 4.31. The molecule has 0 unspecified atom stereocenters. The fourth-order valence-electron chi connectivity index (χ4n) is 2.02. The lowest BCUT2D eigenvalue weighted by Gasteiger charge is -2.16. The molecule has 2 rings (SSSR count). The molecule has 3 N–H and O–H groups in total.